The molecule has 0 bridgehead atoms. The maximum atomic E-state index is 6.91. The zero-order chi connectivity index (χ0) is 31.9. The summed E-state index contributed by atoms with van der Waals surface area (Å²) in [5.41, 5.74) is 3.47. The molecule has 0 aromatic heterocycles. The molecule has 236 valence electrons. The Kier molecular flexibility index (Phi) is 11.7. The van der Waals surface area contributed by atoms with Gasteiger partial charge in [0, 0.05) is 51.0 Å². The monoisotopic (exact) mass is 716 g/mol. The number of ether oxygens (including phenoxy) is 2. The molecule has 2 aliphatic rings. The second-order valence-corrected chi connectivity index (χ2v) is 17.5. The zero-order valence-corrected chi connectivity index (χ0v) is 31.1. The van der Waals surface area contributed by atoms with E-state index in [4.69, 9.17) is 9.47 Å². The molecular weight excluding hydrogens is 681 g/mol. The first-order valence-corrected chi connectivity index (χ1v) is 22.4. The van der Waals surface area contributed by atoms with Crippen LogP contribution in [0.4, 0.5) is 0 Å². The van der Waals surface area contributed by atoms with Crippen molar-refractivity contribution in [1.82, 2.24) is 0 Å². The first kappa shape index (κ1) is 33.4. The summed E-state index contributed by atoms with van der Waals surface area (Å²) in [6.07, 6.45) is 17.5. The SMILES string of the molecule is CSc1ccccc1C1=CC(S[SH](C2=CC(c3ccccc3SC)OC(c3ccccc3SC)=C2)c2ccccc2SC)=CCO1. The van der Waals surface area contributed by atoms with Crippen LogP contribution in [0.5, 0.6) is 0 Å². The Hall–Kier alpha value is -2.46. The van der Waals surface area contributed by atoms with Crippen LogP contribution in [0.25, 0.3) is 11.5 Å². The molecule has 2 nitrogen and oxygen atoms in total. The van der Waals surface area contributed by atoms with Gasteiger partial charge in [-0.05, 0) is 79.7 Å². The summed E-state index contributed by atoms with van der Waals surface area (Å²) in [4.78, 5) is 8.85. The first-order valence-electron chi connectivity index (χ1n) is 14.8. The van der Waals surface area contributed by atoms with Crippen molar-refractivity contribution in [2.24, 2.45) is 0 Å². The molecule has 2 atom stereocenters. The summed E-state index contributed by atoms with van der Waals surface area (Å²) in [5, 5.41) is 0. The number of allylic oxidation sites excluding steroid dienone is 2. The number of hydrogen-bond acceptors (Lipinski definition) is 7. The van der Waals surface area contributed by atoms with Gasteiger partial charge in [-0.15, -0.1) is 57.0 Å². The Balaban J connectivity index is 1.49. The van der Waals surface area contributed by atoms with Gasteiger partial charge in [-0.1, -0.05) is 77.5 Å². The molecule has 6 rings (SSSR count). The molecule has 4 aromatic rings. The molecule has 0 saturated heterocycles. The van der Waals surface area contributed by atoms with Gasteiger partial charge >= 0.3 is 0 Å². The molecule has 2 unspecified atom stereocenters. The van der Waals surface area contributed by atoms with Crippen molar-refractivity contribution < 1.29 is 9.47 Å². The maximum absolute atomic E-state index is 6.91. The summed E-state index contributed by atoms with van der Waals surface area (Å²) in [7, 11) is 1.08. The van der Waals surface area contributed by atoms with Gasteiger partial charge in [-0.3, -0.25) is 0 Å². The number of hydrogen-bond donors (Lipinski definition) is 1. The highest BCUT2D eigenvalue weighted by Gasteiger charge is 2.28. The summed E-state index contributed by atoms with van der Waals surface area (Å²) in [6, 6.07) is 34.6. The maximum Gasteiger partial charge on any atom is 0.144 e. The van der Waals surface area contributed by atoms with Gasteiger partial charge in [0.05, 0.1) is 0 Å². The van der Waals surface area contributed by atoms with Gasteiger partial charge in [0.25, 0.3) is 0 Å². The largest absolute Gasteiger partial charge is 0.489 e. The van der Waals surface area contributed by atoms with E-state index in [-0.39, 0.29) is 6.10 Å². The molecule has 0 spiro atoms. The topological polar surface area (TPSA) is 18.5 Å². The van der Waals surface area contributed by atoms with E-state index in [1.54, 1.807) is 35.3 Å². The second-order valence-electron chi connectivity index (χ2n) is 10.3. The Morgan fingerprint density at radius 1 is 0.609 bits per heavy atom. The van der Waals surface area contributed by atoms with Gasteiger partial charge in [0.15, 0.2) is 0 Å². The highest BCUT2D eigenvalue weighted by Crippen LogP contribution is 2.62. The smallest absolute Gasteiger partial charge is 0.144 e. The van der Waals surface area contributed by atoms with Crippen molar-refractivity contribution in [3.63, 3.8) is 0 Å². The molecular formula is C38H36O2S6. The first-order chi connectivity index (χ1) is 22.6. The van der Waals surface area contributed by atoms with Crippen molar-refractivity contribution in [2.45, 2.75) is 30.6 Å². The summed E-state index contributed by atoms with van der Waals surface area (Å²) in [6.45, 7) is 0.554. The van der Waals surface area contributed by atoms with Gasteiger partial charge in [-0.2, -0.15) is 0 Å². The van der Waals surface area contributed by atoms with Crippen molar-refractivity contribution in [3.8, 4) is 0 Å². The fourth-order valence-electron chi connectivity index (χ4n) is 5.37. The van der Waals surface area contributed by atoms with E-state index in [1.165, 1.54) is 39.9 Å². The van der Waals surface area contributed by atoms with Gasteiger partial charge in [-0.25, -0.2) is 0 Å². The van der Waals surface area contributed by atoms with E-state index in [0.29, 0.717) is 6.61 Å². The molecule has 0 radical (unpaired) electrons. The number of benzene rings is 4. The van der Waals surface area contributed by atoms with Crippen molar-refractivity contribution >= 4 is 79.3 Å². The van der Waals surface area contributed by atoms with Crippen LogP contribution in [0.15, 0.2) is 156 Å². The third-order valence-corrected chi connectivity index (χ3v) is 15.6. The van der Waals surface area contributed by atoms with Crippen LogP contribution in [0.1, 0.15) is 22.8 Å². The van der Waals surface area contributed by atoms with Gasteiger partial charge in [0.2, 0.25) is 0 Å². The van der Waals surface area contributed by atoms with E-state index in [9.17, 15) is 0 Å². The van der Waals surface area contributed by atoms with Crippen LogP contribution in [-0.4, -0.2) is 31.6 Å². The predicted molar refractivity (Wildman–Crippen MR) is 210 cm³/mol. The minimum atomic E-state index is -0.871. The average molecular weight is 717 g/mol. The Bertz CT molecular complexity index is 1830. The Labute approximate surface area is 296 Å². The molecule has 2 heterocycles. The van der Waals surface area contributed by atoms with Crippen LogP contribution in [0.2, 0.25) is 0 Å². The van der Waals surface area contributed by atoms with E-state index < -0.39 is 9.93 Å². The fourth-order valence-corrected chi connectivity index (χ4v) is 12.9. The van der Waals surface area contributed by atoms with Crippen molar-refractivity contribution in [3.05, 3.63) is 148 Å². The molecule has 46 heavy (non-hydrogen) atoms. The summed E-state index contributed by atoms with van der Waals surface area (Å²) in [5.74, 6) is 1.85. The highest BCUT2D eigenvalue weighted by atomic mass is 33.1. The van der Waals surface area contributed by atoms with E-state index in [2.05, 4.69) is 146 Å². The van der Waals surface area contributed by atoms with Gasteiger partial charge in [0.1, 0.15) is 24.2 Å². The third-order valence-electron chi connectivity index (χ3n) is 7.58. The van der Waals surface area contributed by atoms with E-state index in [1.807, 2.05) is 22.6 Å². The molecule has 8 heteroatoms. The lowest BCUT2D eigenvalue weighted by molar-refractivity contribution is 0.208. The fraction of sp³-hybridized carbons (Fsp3) is 0.158. The highest BCUT2D eigenvalue weighted by molar-refractivity contribution is 8.88. The van der Waals surface area contributed by atoms with Crippen LogP contribution in [-0.2, 0) is 9.47 Å². The van der Waals surface area contributed by atoms with Crippen LogP contribution in [0.3, 0.4) is 0 Å². The lowest BCUT2D eigenvalue weighted by Gasteiger charge is -2.32. The molecule has 0 amide bonds. The summed E-state index contributed by atoms with van der Waals surface area (Å²) >= 11 is 7.09. The number of thioether (sulfide) groups is 4. The Morgan fingerprint density at radius 2 is 1.17 bits per heavy atom. The molecule has 2 aliphatic heterocycles. The lowest BCUT2D eigenvalue weighted by atomic mass is 10.1. The normalized spacial score (nSPS) is 17.1. The van der Waals surface area contributed by atoms with Crippen LogP contribution in [0, 0.1) is 0 Å². The Morgan fingerprint density at radius 3 is 1.85 bits per heavy atom. The molecule has 0 fully saturated rings. The quantitative estimate of drug-likeness (QED) is 0.0934. The van der Waals surface area contributed by atoms with Gasteiger partial charge < -0.3 is 9.47 Å². The second kappa shape index (κ2) is 16.1. The minimum absolute atomic E-state index is 0.205. The van der Waals surface area contributed by atoms with Crippen molar-refractivity contribution in [1.29, 1.82) is 0 Å². The molecule has 4 aromatic carbocycles. The predicted octanol–water partition coefficient (Wildman–Crippen LogP) is 12.2. The summed E-state index contributed by atoms with van der Waals surface area (Å²) < 4.78 is 13.1. The number of thiol groups is 1. The third kappa shape index (κ3) is 7.48. The molecule has 0 aliphatic carbocycles. The number of rotatable bonds is 11. The average Bonchev–Trinajstić information content (AvgIpc) is 3.13. The standard InChI is InChI=1S/C38H36O2S6/c1-41-34-16-8-5-13-28(34)31-23-26(21-22-39-31)45-46(38-20-12-11-19-37(38)44-4)27-24-32(29-14-6-9-17-35(29)42-2)40-33(25-27)30-15-7-10-18-36(30)43-3/h5-21,23-25,32,46H,22H2,1-4H3. The molecule has 0 N–H and O–H groups in total. The van der Waals surface area contributed by atoms with Crippen molar-refractivity contribution in [2.75, 3.05) is 31.6 Å². The van der Waals surface area contributed by atoms with Crippen LogP contribution < -0.4 is 0 Å². The molecule has 0 saturated carbocycles. The van der Waals surface area contributed by atoms with E-state index >= 15 is 0 Å². The zero-order valence-electron chi connectivity index (χ0n) is 26.1. The minimum Gasteiger partial charge on any atom is -0.489 e. The lowest BCUT2D eigenvalue weighted by Crippen LogP contribution is -2.09. The van der Waals surface area contributed by atoms with E-state index in [0.717, 1.165) is 22.6 Å². The van der Waals surface area contributed by atoms with Crippen LogP contribution >= 0.6 is 67.8 Å².